The Bertz CT molecular complexity index is 1790. The summed E-state index contributed by atoms with van der Waals surface area (Å²) in [6.45, 7) is 4.00. The molecule has 0 radical (unpaired) electrons. The van der Waals surface area contributed by atoms with Gasteiger partial charge in [0, 0.05) is 40.5 Å². The van der Waals surface area contributed by atoms with E-state index in [-0.39, 0.29) is 16.4 Å². The van der Waals surface area contributed by atoms with E-state index >= 15 is 0 Å². The smallest absolute Gasteiger partial charge is 0.283 e. The Morgan fingerprint density at radius 1 is 0.925 bits per heavy atom. The predicted octanol–water partition coefficient (Wildman–Crippen LogP) is 5.77. The molecule has 204 valence electrons. The van der Waals surface area contributed by atoms with Gasteiger partial charge >= 0.3 is 0 Å². The highest BCUT2D eigenvalue weighted by molar-refractivity contribution is 7.90. The van der Waals surface area contributed by atoms with Crippen molar-refractivity contribution in [1.82, 2.24) is 19.5 Å². The average Bonchev–Trinajstić information content (AvgIpc) is 2.97. The quantitative estimate of drug-likeness (QED) is 0.261. The molecule has 0 saturated heterocycles. The molecule has 0 aliphatic rings. The first-order valence-electron chi connectivity index (χ1n) is 12.3. The van der Waals surface area contributed by atoms with E-state index in [1.807, 2.05) is 38.1 Å². The van der Waals surface area contributed by atoms with Gasteiger partial charge in [-0.05, 0) is 42.5 Å². The molecular formula is C29H27ClN6O3S. The number of halogens is 1. The van der Waals surface area contributed by atoms with E-state index in [0.717, 1.165) is 11.8 Å². The van der Waals surface area contributed by atoms with Crippen molar-refractivity contribution in [2.75, 3.05) is 17.3 Å². The predicted molar refractivity (Wildman–Crippen MR) is 160 cm³/mol. The topological polar surface area (TPSA) is 133 Å². The van der Waals surface area contributed by atoms with Gasteiger partial charge in [-0.15, -0.1) is 0 Å². The fourth-order valence-corrected chi connectivity index (χ4v) is 4.62. The van der Waals surface area contributed by atoms with Crippen LogP contribution >= 0.6 is 11.6 Å². The summed E-state index contributed by atoms with van der Waals surface area (Å²) >= 11 is 6.07. The summed E-state index contributed by atoms with van der Waals surface area (Å²) in [7, 11) is -3.44. The second-order valence-electron chi connectivity index (χ2n) is 8.41. The molecule has 0 fully saturated rings. The fraction of sp³-hybridized carbons (Fsp3) is 0.103. The average molecular weight is 575 g/mol. The molecule has 5 aromatic rings. The lowest BCUT2D eigenvalue weighted by Crippen LogP contribution is -2.26. The number of rotatable bonds is 6. The van der Waals surface area contributed by atoms with Gasteiger partial charge in [-0.2, -0.15) is 0 Å². The number of anilines is 3. The lowest BCUT2D eigenvalue weighted by Gasteiger charge is -2.17. The summed E-state index contributed by atoms with van der Waals surface area (Å²) in [6.07, 6.45) is 5.99. The van der Waals surface area contributed by atoms with Crippen LogP contribution in [0, 0.1) is 0 Å². The van der Waals surface area contributed by atoms with Crippen LogP contribution in [0.3, 0.4) is 0 Å². The lowest BCUT2D eigenvalue weighted by atomic mass is 10.1. The van der Waals surface area contributed by atoms with Gasteiger partial charge in [0.05, 0.1) is 22.5 Å². The first-order chi connectivity index (χ1) is 19.2. The van der Waals surface area contributed by atoms with Crippen molar-refractivity contribution in [3.8, 4) is 28.3 Å². The number of nitrogens with zero attached hydrogens (tertiary/aromatic N) is 4. The Balaban J connectivity index is 0.00000181. The molecule has 0 unspecified atom stereocenters. The van der Waals surface area contributed by atoms with Gasteiger partial charge in [0.1, 0.15) is 11.5 Å². The van der Waals surface area contributed by atoms with E-state index in [1.165, 1.54) is 16.7 Å². The molecule has 0 atom stereocenters. The Hall–Kier alpha value is -4.54. The zero-order valence-corrected chi connectivity index (χ0v) is 23.6. The molecular weight excluding hydrogens is 548 g/mol. The molecule has 2 heterocycles. The van der Waals surface area contributed by atoms with E-state index in [9.17, 15) is 13.2 Å². The van der Waals surface area contributed by atoms with Gasteiger partial charge in [-0.1, -0.05) is 55.8 Å². The molecule has 0 aliphatic heterocycles. The molecule has 0 saturated carbocycles. The van der Waals surface area contributed by atoms with Crippen LogP contribution in [0.15, 0.2) is 101 Å². The van der Waals surface area contributed by atoms with Crippen LogP contribution in [-0.2, 0) is 9.84 Å². The van der Waals surface area contributed by atoms with Gasteiger partial charge < -0.3 is 11.1 Å². The molecule has 2 aromatic heterocycles. The number of nitrogen functional groups attached to an aromatic ring is 1. The normalized spacial score (nSPS) is 10.9. The Morgan fingerprint density at radius 2 is 1.60 bits per heavy atom. The summed E-state index contributed by atoms with van der Waals surface area (Å²) in [6, 6.07) is 20.3. The standard InChI is InChI=1S/C27H21ClN6O3S.C2H6/c1-38(36,37)22-4-2-3-20(15-22)32-25-24(29)27(35)34(21-11-9-19(28)10-12-21)26(33-25)18-7-5-17(6-8-18)23-16-30-13-14-31-23;1-2/h2-16,32H,29H2,1H3;1-2H3. The highest BCUT2D eigenvalue weighted by Crippen LogP contribution is 2.28. The van der Waals surface area contributed by atoms with Crippen molar-refractivity contribution in [3.63, 3.8) is 0 Å². The molecule has 9 nitrogen and oxygen atoms in total. The van der Waals surface area contributed by atoms with Crippen molar-refractivity contribution in [1.29, 1.82) is 0 Å². The van der Waals surface area contributed by atoms with Crippen LogP contribution in [0.1, 0.15) is 13.8 Å². The van der Waals surface area contributed by atoms with E-state index in [0.29, 0.717) is 33.5 Å². The van der Waals surface area contributed by atoms with Crippen molar-refractivity contribution >= 4 is 38.6 Å². The van der Waals surface area contributed by atoms with Crippen LogP contribution in [0.2, 0.25) is 5.02 Å². The van der Waals surface area contributed by atoms with E-state index < -0.39 is 15.4 Å². The molecule has 3 aromatic carbocycles. The monoisotopic (exact) mass is 574 g/mol. The number of hydrogen-bond acceptors (Lipinski definition) is 8. The third-order valence-corrected chi connectivity index (χ3v) is 7.09. The largest absolute Gasteiger partial charge is 0.391 e. The number of nitrogens with two attached hydrogens (primary N) is 1. The zero-order chi connectivity index (χ0) is 28.9. The number of sulfone groups is 1. The molecule has 0 bridgehead atoms. The molecule has 11 heteroatoms. The minimum Gasteiger partial charge on any atom is -0.391 e. The number of hydrogen-bond donors (Lipinski definition) is 2. The summed E-state index contributed by atoms with van der Waals surface area (Å²) < 4.78 is 25.4. The molecule has 40 heavy (non-hydrogen) atoms. The van der Waals surface area contributed by atoms with Gasteiger partial charge in [-0.3, -0.25) is 19.3 Å². The number of benzene rings is 3. The van der Waals surface area contributed by atoms with Gasteiger partial charge in [0.2, 0.25) is 0 Å². The highest BCUT2D eigenvalue weighted by Gasteiger charge is 2.18. The zero-order valence-electron chi connectivity index (χ0n) is 22.0. The lowest BCUT2D eigenvalue weighted by molar-refractivity contribution is 0.602. The third-order valence-electron chi connectivity index (χ3n) is 5.73. The maximum absolute atomic E-state index is 13.6. The minimum atomic E-state index is -3.44. The second kappa shape index (κ2) is 12.1. The van der Waals surface area contributed by atoms with Gasteiger partial charge in [0.25, 0.3) is 5.56 Å². The number of aromatic nitrogens is 4. The Kier molecular flexibility index (Phi) is 8.61. The summed E-state index contributed by atoms with van der Waals surface area (Å²) in [5, 5.41) is 3.52. The van der Waals surface area contributed by atoms with Crippen molar-refractivity contribution in [3.05, 3.63) is 107 Å². The number of nitrogens with one attached hydrogen (secondary N) is 1. The van der Waals surface area contributed by atoms with E-state index in [4.69, 9.17) is 22.3 Å². The summed E-state index contributed by atoms with van der Waals surface area (Å²) in [4.78, 5) is 26.8. The van der Waals surface area contributed by atoms with Crippen LogP contribution < -0.4 is 16.6 Å². The molecule has 5 rings (SSSR count). The Morgan fingerprint density at radius 3 is 2.23 bits per heavy atom. The summed E-state index contributed by atoms with van der Waals surface area (Å²) in [5.74, 6) is 0.415. The Labute approximate surface area is 237 Å². The maximum Gasteiger partial charge on any atom is 0.283 e. The first-order valence-corrected chi connectivity index (χ1v) is 14.6. The minimum absolute atomic E-state index is 0.0962. The van der Waals surface area contributed by atoms with Crippen LogP contribution in [0.5, 0.6) is 0 Å². The first kappa shape index (κ1) is 28.5. The molecule has 3 N–H and O–H groups in total. The van der Waals surface area contributed by atoms with Crippen LogP contribution in [0.4, 0.5) is 17.2 Å². The van der Waals surface area contributed by atoms with Crippen LogP contribution in [-0.4, -0.2) is 34.2 Å². The highest BCUT2D eigenvalue weighted by atomic mass is 35.5. The van der Waals surface area contributed by atoms with Crippen LogP contribution in [0.25, 0.3) is 28.3 Å². The van der Waals surface area contributed by atoms with Crippen molar-refractivity contribution in [2.45, 2.75) is 18.7 Å². The fourth-order valence-electron chi connectivity index (χ4n) is 3.83. The third kappa shape index (κ3) is 6.19. The van der Waals surface area contributed by atoms with E-state index in [2.05, 4.69) is 15.3 Å². The van der Waals surface area contributed by atoms with Crippen molar-refractivity contribution in [2.24, 2.45) is 0 Å². The SMILES string of the molecule is CC.CS(=O)(=O)c1cccc(Nc2nc(-c3ccc(-c4cnccn4)cc3)n(-c3ccc(Cl)cc3)c(=O)c2N)c1. The molecule has 0 amide bonds. The van der Waals surface area contributed by atoms with E-state index in [1.54, 1.807) is 55.0 Å². The summed E-state index contributed by atoms with van der Waals surface area (Å²) in [5.41, 5.74) is 8.74. The van der Waals surface area contributed by atoms with Gasteiger partial charge in [-0.25, -0.2) is 13.4 Å². The van der Waals surface area contributed by atoms with Gasteiger partial charge in [0.15, 0.2) is 15.7 Å². The molecule has 0 aliphatic carbocycles. The second-order valence-corrected chi connectivity index (χ2v) is 10.9. The molecule has 0 spiro atoms. The maximum atomic E-state index is 13.6. The van der Waals surface area contributed by atoms with Crippen molar-refractivity contribution < 1.29 is 8.42 Å².